The summed E-state index contributed by atoms with van der Waals surface area (Å²) in [6.45, 7) is 5.71. The molecule has 1 aliphatic rings. The molecule has 1 aliphatic heterocycles. The molecule has 1 saturated heterocycles. The van der Waals surface area contributed by atoms with Crippen molar-refractivity contribution in [2.24, 2.45) is 5.92 Å². The smallest absolute Gasteiger partial charge is 0.226 e. The van der Waals surface area contributed by atoms with E-state index in [0.717, 1.165) is 18.7 Å². The van der Waals surface area contributed by atoms with Crippen LogP contribution in [0.4, 0.5) is 0 Å². The Bertz CT molecular complexity index is 374. The van der Waals surface area contributed by atoms with E-state index in [1.165, 1.54) is 5.56 Å². The summed E-state index contributed by atoms with van der Waals surface area (Å²) in [6, 6.07) is 8.37. The fourth-order valence-electron chi connectivity index (χ4n) is 1.74. The third-order valence-corrected chi connectivity index (χ3v) is 3.09. The van der Waals surface area contributed by atoms with Gasteiger partial charge in [0.05, 0.1) is 12.0 Å². The Morgan fingerprint density at radius 1 is 1.35 bits per heavy atom. The molecular formula is C13H19ClN2O. The maximum atomic E-state index is 11.7. The standard InChI is InChI=1S/C13H18N2O.ClH/c1-9-3-5-11(6-4-9)10(2)15-13(16)12-7-14-8-12;/h3-6,10,12,14H,7-8H2,1-2H3,(H,15,16);1H. The first-order chi connectivity index (χ1) is 7.66. The largest absolute Gasteiger partial charge is 0.349 e. The predicted molar refractivity (Wildman–Crippen MR) is 71.3 cm³/mol. The lowest BCUT2D eigenvalue weighted by atomic mass is 10.0. The molecular weight excluding hydrogens is 236 g/mol. The Labute approximate surface area is 108 Å². The topological polar surface area (TPSA) is 41.1 Å². The summed E-state index contributed by atoms with van der Waals surface area (Å²) in [6.07, 6.45) is 0. The van der Waals surface area contributed by atoms with Crippen LogP contribution in [0.1, 0.15) is 24.1 Å². The van der Waals surface area contributed by atoms with Gasteiger partial charge in [0.25, 0.3) is 0 Å². The van der Waals surface area contributed by atoms with Gasteiger partial charge >= 0.3 is 0 Å². The van der Waals surface area contributed by atoms with Crippen molar-refractivity contribution in [1.29, 1.82) is 0 Å². The Hall–Kier alpha value is -1.06. The van der Waals surface area contributed by atoms with Crippen LogP contribution in [-0.4, -0.2) is 19.0 Å². The van der Waals surface area contributed by atoms with E-state index in [4.69, 9.17) is 0 Å². The molecule has 1 aromatic carbocycles. The number of rotatable bonds is 3. The Morgan fingerprint density at radius 2 is 1.94 bits per heavy atom. The lowest BCUT2D eigenvalue weighted by molar-refractivity contribution is -0.127. The average Bonchev–Trinajstić information content (AvgIpc) is 2.15. The first-order valence-corrected chi connectivity index (χ1v) is 5.74. The van der Waals surface area contributed by atoms with Gasteiger partial charge in [0.15, 0.2) is 0 Å². The number of aryl methyl sites for hydroxylation is 1. The normalized spacial score (nSPS) is 16.6. The van der Waals surface area contributed by atoms with E-state index >= 15 is 0 Å². The maximum absolute atomic E-state index is 11.7. The number of halogens is 1. The molecule has 17 heavy (non-hydrogen) atoms. The van der Waals surface area contributed by atoms with Crippen LogP contribution < -0.4 is 10.6 Å². The number of nitrogens with one attached hydrogen (secondary N) is 2. The zero-order valence-electron chi connectivity index (χ0n) is 10.2. The molecule has 0 saturated carbocycles. The number of carbonyl (C=O) groups is 1. The molecule has 1 atom stereocenters. The lowest BCUT2D eigenvalue weighted by Crippen LogP contribution is -2.51. The number of benzene rings is 1. The zero-order chi connectivity index (χ0) is 11.5. The summed E-state index contributed by atoms with van der Waals surface area (Å²) in [5, 5.41) is 6.14. The Balaban J connectivity index is 0.00000144. The van der Waals surface area contributed by atoms with Gasteiger partial charge in [-0.05, 0) is 19.4 Å². The molecule has 1 aromatic rings. The van der Waals surface area contributed by atoms with Crippen LogP contribution in [0.3, 0.4) is 0 Å². The van der Waals surface area contributed by atoms with E-state index in [1.54, 1.807) is 0 Å². The second kappa shape index (κ2) is 6.03. The number of hydrogen-bond acceptors (Lipinski definition) is 2. The molecule has 3 nitrogen and oxygen atoms in total. The van der Waals surface area contributed by atoms with Crippen LogP contribution in [0.2, 0.25) is 0 Å². The lowest BCUT2D eigenvalue weighted by Gasteiger charge is -2.27. The first kappa shape index (κ1) is 14.0. The number of carbonyl (C=O) groups excluding carboxylic acids is 1. The summed E-state index contributed by atoms with van der Waals surface area (Å²) >= 11 is 0. The van der Waals surface area contributed by atoms with Crippen molar-refractivity contribution in [2.75, 3.05) is 13.1 Å². The highest BCUT2D eigenvalue weighted by Crippen LogP contribution is 2.14. The molecule has 0 aliphatic carbocycles. The van der Waals surface area contributed by atoms with Crippen molar-refractivity contribution in [2.45, 2.75) is 19.9 Å². The van der Waals surface area contributed by atoms with Gasteiger partial charge in [-0.3, -0.25) is 4.79 Å². The van der Waals surface area contributed by atoms with Gasteiger partial charge in [0, 0.05) is 13.1 Å². The van der Waals surface area contributed by atoms with Crippen LogP contribution in [0, 0.1) is 12.8 Å². The van der Waals surface area contributed by atoms with Crippen molar-refractivity contribution in [3.05, 3.63) is 35.4 Å². The maximum Gasteiger partial charge on any atom is 0.226 e. The SMILES string of the molecule is Cc1ccc(C(C)NC(=O)C2CNC2)cc1.Cl. The van der Waals surface area contributed by atoms with Crippen molar-refractivity contribution < 1.29 is 4.79 Å². The molecule has 1 heterocycles. The minimum atomic E-state index is 0. The Kier molecular flexibility index (Phi) is 4.97. The zero-order valence-corrected chi connectivity index (χ0v) is 11.0. The van der Waals surface area contributed by atoms with Crippen LogP contribution >= 0.6 is 12.4 Å². The van der Waals surface area contributed by atoms with Gasteiger partial charge in [0.1, 0.15) is 0 Å². The molecule has 0 aromatic heterocycles. The van der Waals surface area contributed by atoms with Crippen LogP contribution in [0.15, 0.2) is 24.3 Å². The van der Waals surface area contributed by atoms with Crippen molar-refractivity contribution in [3.63, 3.8) is 0 Å². The van der Waals surface area contributed by atoms with E-state index in [1.807, 2.05) is 6.92 Å². The first-order valence-electron chi connectivity index (χ1n) is 5.74. The van der Waals surface area contributed by atoms with Crippen molar-refractivity contribution in [3.8, 4) is 0 Å². The van der Waals surface area contributed by atoms with E-state index in [-0.39, 0.29) is 30.3 Å². The summed E-state index contributed by atoms with van der Waals surface area (Å²) in [7, 11) is 0. The average molecular weight is 255 g/mol. The summed E-state index contributed by atoms with van der Waals surface area (Å²) in [4.78, 5) is 11.7. The predicted octanol–water partition coefficient (Wildman–Crippen LogP) is 1.81. The summed E-state index contributed by atoms with van der Waals surface area (Å²) in [5.74, 6) is 0.319. The molecule has 2 rings (SSSR count). The van der Waals surface area contributed by atoms with E-state index in [0.29, 0.717) is 0 Å². The molecule has 4 heteroatoms. The molecule has 0 bridgehead atoms. The van der Waals surface area contributed by atoms with Gasteiger partial charge < -0.3 is 10.6 Å². The quantitative estimate of drug-likeness (QED) is 0.864. The monoisotopic (exact) mass is 254 g/mol. The van der Waals surface area contributed by atoms with Gasteiger partial charge in [0.2, 0.25) is 5.91 Å². The Morgan fingerprint density at radius 3 is 2.41 bits per heavy atom. The van der Waals surface area contributed by atoms with E-state index in [9.17, 15) is 4.79 Å². The third kappa shape index (κ3) is 3.45. The second-order valence-corrected chi connectivity index (χ2v) is 4.50. The summed E-state index contributed by atoms with van der Waals surface area (Å²) in [5.41, 5.74) is 2.40. The van der Waals surface area contributed by atoms with Gasteiger partial charge in [-0.15, -0.1) is 12.4 Å². The van der Waals surface area contributed by atoms with E-state index in [2.05, 4.69) is 41.8 Å². The second-order valence-electron chi connectivity index (χ2n) is 4.50. The van der Waals surface area contributed by atoms with Crippen LogP contribution in [0.5, 0.6) is 0 Å². The number of hydrogen-bond donors (Lipinski definition) is 2. The highest BCUT2D eigenvalue weighted by molar-refractivity contribution is 5.85. The van der Waals surface area contributed by atoms with Crippen LogP contribution in [0.25, 0.3) is 0 Å². The van der Waals surface area contributed by atoms with Gasteiger partial charge in [-0.1, -0.05) is 29.8 Å². The third-order valence-electron chi connectivity index (χ3n) is 3.09. The highest BCUT2D eigenvalue weighted by Gasteiger charge is 2.25. The van der Waals surface area contributed by atoms with Crippen molar-refractivity contribution >= 4 is 18.3 Å². The minimum absolute atomic E-state index is 0. The van der Waals surface area contributed by atoms with Gasteiger partial charge in [-0.2, -0.15) is 0 Å². The number of amides is 1. The fourth-order valence-corrected chi connectivity index (χ4v) is 1.74. The molecule has 94 valence electrons. The van der Waals surface area contributed by atoms with Gasteiger partial charge in [-0.25, -0.2) is 0 Å². The minimum Gasteiger partial charge on any atom is -0.349 e. The molecule has 0 radical (unpaired) electrons. The molecule has 2 N–H and O–H groups in total. The highest BCUT2D eigenvalue weighted by atomic mass is 35.5. The molecule has 1 unspecified atom stereocenters. The van der Waals surface area contributed by atoms with Crippen molar-refractivity contribution in [1.82, 2.24) is 10.6 Å². The molecule has 0 spiro atoms. The molecule has 1 amide bonds. The van der Waals surface area contributed by atoms with Crippen LogP contribution in [-0.2, 0) is 4.79 Å². The fraction of sp³-hybridized carbons (Fsp3) is 0.462. The van der Waals surface area contributed by atoms with E-state index < -0.39 is 0 Å². The summed E-state index contributed by atoms with van der Waals surface area (Å²) < 4.78 is 0. The molecule has 1 fully saturated rings.